The Morgan fingerprint density at radius 2 is 1.32 bits per heavy atom. The number of para-hydroxylation sites is 2. The van der Waals surface area contributed by atoms with E-state index in [1.165, 1.54) is 11.1 Å². The fourth-order valence-electron chi connectivity index (χ4n) is 5.51. The van der Waals surface area contributed by atoms with E-state index in [4.69, 9.17) is 0 Å². The Labute approximate surface area is 218 Å². The van der Waals surface area contributed by atoms with Gasteiger partial charge >= 0.3 is 12.1 Å². The molecule has 202 valence electrons. The van der Waals surface area contributed by atoms with Gasteiger partial charge in [0.1, 0.15) is 0 Å². The average molecular weight is 551 g/mol. The first-order valence-corrected chi connectivity index (χ1v) is 14.0. The van der Waals surface area contributed by atoms with Gasteiger partial charge in [0.05, 0.1) is 4.90 Å². The number of hydrogen-bond donors (Lipinski definition) is 1. The lowest BCUT2D eigenvalue weighted by molar-refractivity contribution is -0.289. The van der Waals surface area contributed by atoms with Crippen molar-refractivity contribution in [1.29, 1.82) is 0 Å². The molecule has 1 fully saturated rings. The Morgan fingerprint density at radius 1 is 0.763 bits per heavy atom. The molecule has 10 heteroatoms. The van der Waals surface area contributed by atoms with E-state index < -0.39 is 33.7 Å². The molecule has 1 saturated carbocycles. The van der Waals surface area contributed by atoms with Crippen LogP contribution in [0.2, 0.25) is 0 Å². The number of rotatable bonds is 5. The van der Waals surface area contributed by atoms with Crippen LogP contribution in [0, 0.1) is 0 Å². The van der Waals surface area contributed by atoms with E-state index in [1.54, 1.807) is 0 Å². The largest absolute Gasteiger partial charge is 0.458 e. The fraction of sp³-hybridized carbons (Fsp3) is 0.357. The number of anilines is 2. The lowest BCUT2D eigenvalue weighted by atomic mass is 9.89. The van der Waals surface area contributed by atoms with Crippen LogP contribution in [0.1, 0.15) is 42.4 Å². The van der Waals surface area contributed by atoms with E-state index in [1.807, 2.05) is 24.3 Å². The Balaban J connectivity index is 1.38. The number of halogens is 5. The van der Waals surface area contributed by atoms with Crippen LogP contribution in [0.4, 0.5) is 33.3 Å². The summed E-state index contributed by atoms with van der Waals surface area (Å²) in [7, 11) is -4.13. The molecule has 3 aromatic carbocycles. The maximum Gasteiger partial charge on any atom is 0.458 e. The highest BCUT2D eigenvalue weighted by atomic mass is 32.2. The van der Waals surface area contributed by atoms with Crippen molar-refractivity contribution in [3.05, 3.63) is 89.5 Å². The smallest absolute Gasteiger partial charge is 0.338 e. The van der Waals surface area contributed by atoms with E-state index in [9.17, 15) is 30.4 Å². The fourth-order valence-corrected chi connectivity index (χ4v) is 6.79. The number of nitrogens with one attached hydrogen (secondary N) is 1. The van der Waals surface area contributed by atoms with Gasteiger partial charge in [-0.2, -0.15) is 22.0 Å². The molecule has 4 nitrogen and oxygen atoms in total. The highest BCUT2D eigenvalue weighted by Crippen LogP contribution is 2.44. The van der Waals surface area contributed by atoms with Crippen molar-refractivity contribution in [2.24, 2.45) is 0 Å². The molecule has 0 spiro atoms. The molecule has 0 saturated heterocycles. The van der Waals surface area contributed by atoms with E-state index in [0.717, 1.165) is 49.2 Å². The molecule has 2 aliphatic rings. The van der Waals surface area contributed by atoms with E-state index in [0.29, 0.717) is 25.0 Å². The van der Waals surface area contributed by atoms with Crippen molar-refractivity contribution in [1.82, 2.24) is 4.72 Å². The molecule has 0 amide bonds. The third-order valence-corrected chi connectivity index (χ3v) is 8.92. The van der Waals surface area contributed by atoms with Crippen LogP contribution < -0.4 is 9.62 Å². The number of aryl methyl sites for hydroxylation is 2. The molecule has 1 aliphatic carbocycles. The Bertz CT molecular complexity index is 1360. The van der Waals surface area contributed by atoms with Crippen LogP contribution >= 0.6 is 0 Å². The van der Waals surface area contributed by atoms with Crippen LogP contribution in [0.15, 0.2) is 77.7 Å². The SMILES string of the molecule is O=S(=O)(NC1CCCC(N2c3ccccc3CCc3ccccc32)C1)c1ccc(C(F)(F)C(F)(F)F)cc1. The zero-order chi connectivity index (χ0) is 27.1. The summed E-state index contributed by atoms with van der Waals surface area (Å²) >= 11 is 0. The zero-order valence-electron chi connectivity index (χ0n) is 20.4. The predicted octanol–water partition coefficient (Wildman–Crippen LogP) is 6.87. The maximum atomic E-state index is 13.6. The summed E-state index contributed by atoms with van der Waals surface area (Å²) in [6.45, 7) is 0. The summed E-state index contributed by atoms with van der Waals surface area (Å²) in [5, 5.41) is 0. The quantitative estimate of drug-likeness (QED) is 0.353. The topological polar surface area (TPSA) is 49.4 Å². The number of benzene rings is 3. The minimum absolute atomic E-state index is 0.0182. The molecule has 5 rings (SSSR count). The van der Waals surface area contributed by atoms with Crippen LogP contribution in [-0.4, -0.2) is 26.7 Å². The molecule has 0 bridgehead atoms. The van der Waals surface area contributed by atoms with Gasteiger partial charge in [0.15, 0.2) is 0 Å². The van der Waals surface area contributed by atoms with Crippen molar-refractivity contribution in [2.75, 3.05) is 4.90 Å². The van der Waals surface area contributed by atoms with Gasteiger partial charge in [0, 0.05) is 29.0 Å². The second-order valence-corrected chi connectivity index (χ2v) is 11.6. The predicted molar refractivity (Wildman–Crippen MR) is 135 cm³/mol. The summed E-state index contributed by atoms with van der Waals surface area (Å²) in [4.78, 5) is 1.96. The van der Waals surface area contributed by atoms with Gasteiger partial charge in [0.2, 0.25) is 10.0 Å². The zero-order valence-corrected chi connectivity index (χ0v) is 21.2. The van der Waals surface area contributed by atoms with Crippen molar-refractivity contribution >= 4 is 21.4 Å². The molecule has 2 unspecified atom stereocenters. The van der Waals surface area contributed by atoms with E-state index in [-0.39, 0.29) is 10.9 Å². The number of hydrogen-bond acceptors (Lipinski definition) is 3. The Morgan fingerprint density at radius 3 is 1.87 bits per heavy atom. The second-order valence-electron chi connectivity index (χ2n) is 9.86. The van der Waals surface area contributed by atoms with Gasteiger partial charge in [-0.3, -0.25) is 0 Å². The first-order chi connectivity index (χ1) is 18.0. The molecular formula is C28H27F5N2O2S. The highest BCUT2D eigenvalue weighted by Gasteiger charge is 2.58. The summed E-state index contributed by atoms with van der Waals surface area (Å²) < 4.78 is 94.1. The van der Waals surface area contributed by atoms with Crippen molar-refractivity contribution in [3.8, 4) is 0 Å². The third-order valence-electron chi connectivity index (χ3n) is 7.38. The molecule has 3 aromatic rings. The molecule has 0 radical (unpaired) electrons. The number of nitrogens with zero attached hydrogens (tertiary/aromatic N) is 1. The first kappa shape index (κ1) is 26.6. The van der Waals surface area contributed by atoms with Gasteiger partial charge in [-0.25, -0.2) is 13.1 Å². The van der Waals surface area contributed by atoms with Crippen molar-refractivity contribution in [2.45, 2.75) is 67.6 Å². The maximum absolute atomic E-state index is 13.6. The molecule has 2 atom stereocenters. The monoisotopic (exact) mass is 550 g/mol. The molecule has 38 heavy (non-hydrogen) atoms. The summed E-state index contributed by atoms with van der Waals surface area (Å²) in [5.74, 6) is -5.07. The van der Waals surface area contributed by atoms with Gasteiger partial charge in [-0.1, -0.05) is 48.5 Å². The third kappa shape index (κ3) is 5.03. The summed E-state index contributed by atoms with van der Waals surface area (Å²) in [6, 6.07) is 18.6. The minimum Gasteiger partial charge on any atom is -0.338 e. The number of alkyl halides is 5. The molecule has 1 N–H and O–H groups in total. The first-order valence-electron chi connectivity index (χ1n) is 12.5. The second kappa shape index (κ2) is 9.96. The Kier molecular flexibility index (Phi) is 6.98. The molecule has 1 aliphatic heterocycles. The van der Waals surface area contributed by atoms with Crippen LogP contribution in [0.3, 0.4) is 0 Å². The number of sulfonamides is 1. The normalized spacial score (nSPS) is 20.4. The van der Waals surface area contributed by atoms with Crippen LogP contribution in [0.25, 0.3) is 0 Å². The average Bonchev–Trinajstić information content (AvgIpc) is 3.05. The number of fused-ring (bicyclic) bond motifs is 2. The van der Waals surface area contributed by atoms with E-state index in [2.05, 4.69) is 33.9 Å². The highest BCUT2D eigenvalue weighted by molar-refractivity contribution is 7.89. The summed E-state index contributed by atoms with van der Waals surface area (Å²) in [5.41, 5.74) is 3.35. The van der Waals surface area contributed by atoms with E-state index >= 15 is 0 Å². The van der Waals surface area contributed by atoms with Gasteiger partial charge in [-0.15, -0.1) is 0 Å². The van der Waals surface area contributed by atoms with Crippen molar-refractivity contribution in [3.63, 3.8) is 0 Å². The molecule has 0 aromatic heterocycles. The lowest BCUT2D eigenvalue weighted by Gasteiger charge is -2.40. The van der Waals surface area contributed by atoms with Gasteiger partial charge in [0.25, 0.3) is 0 Å². The van der Waals surface area contributed by atoms with Gasteiger partial charge in [-0.05, 0) is 73.9 Å². The van der Waals surface area contributed by atoms with Crippen molar-refractivity contribution < 1.29 is 30.4 Å². The van der Waals surface area contributed by atoms with Crippen LogP contribution in [0.5, 0.6) is 0 Å². The minimum atomic E-state index is -5.77. The molecule has 1 heterocycles. The van der Waals surface area contributed by atoms with Crippen LogP contribution in [-0.2, 0) is 28.8 Å². The Hall–Kier alpha value is -2.98. The summed E-state index contributed by atoms with van der Waals surface area (Å²) in [6.07, 6.45) is -1.22. The standard InChI is InChI=1S/C28H27F5N2O2S/c29-27(30,28(31,32)33)21-14-16-24(17-15-21)38(36,37)34-22-8-5-9-23(18-22)35-25-10-3-1-6-19(25)12-13-20-7-2-4-11-26(20)35/h1-4,6-7,10-11,14-17,22-23,34H,5,8-9,12-13,18H2. The molecular weight excluding hydrogens is 523 g/mol. The lowest BCUT2D eigenvalue weighted by Crippen LogP contribution is -2.44. The van der Waals surface area contributed by atoms with Gasteiger partial charge < -0.3 is 4.90 Å².